The molecule has 1 heterocycles. The van der Waals surface area contributed by atoms with Gasteiger partial charge < -0.3 is 14.8 Å². The van der Waals surface area contributed by atoms with Crippen LogP contribution in [-0.4, -0.2) is 36.9 Å². The van der Waals surface area contributed by atoms with Crippen molar-refractivity contribution in [1.29, 1.82) is 0 Å². The molecule has 0 atom stereocenters. The van der Waals surface area contributed by atoms with Crippen LogP contribution in [0, 0.1) is 0 Å². The van der Waals surface area contributed by atoms with Crippen LogP contribution in [0.5, 0.6) is 5.75 Å². The fourth-order valence-electron chi connectivity index (χ4n) is 1.90. The number of hydrogen-bond acceptors (Lipinski definition) is 4. The Morgan fingerprint density at radius 1 is 1.35 bits per heavy atom. The van der Waals surface area contributed by atoms with E-state index >= 15 is 0 Å². The lowest BCUT2D eigenvalue weighted by molar-refractivity contribution is 0.197. The van der Waals surface area contributed by atoms with Crippen molar-refractivity contribution in [2.75, 3.05) is 32.7 Å². The summed E-state index contributed by atoms with van der Waals surface area (Å²) in [6, 6.07) is 5.49. The number of hydrogen-bond donors (Lipinski definition) is 1. The third-order valence-electron chi connectivity index (χ3n) is 2.85. The van der Waals surface area contributed by atoms with Gasteiger partial charge in [-0.2, -0.15) is 0 Å². The molecular formula is C14H18ClN3O2. The number of anilines is 1. The number of ether oxygens (including phenoxy) is 2. The van der Waals surface area contributed by atoms with Gasteiger partial charge in [-0.1, -0.05) is 11.6 Å². The highest BCUT2D eigenvalue weighted by molar-refractivity contribution is 6.30. The molecule has 0 saturated carbocycles. The molecule has 1 N–H and O–H groups in total. The van der Waals surface area contributed by atoms with Crippen LogP contribution in [0.25, 0.3) is 5.69 Å². The van der Waals surface area contributed by atoms with Crippen molar-refractivity contribution in [3.63, 3.8) is 0 Å². The maximum atomic E-state index is 6.06. The molecule has 0 spiro atoms. The quantitative estimate of drug-likeness (QED) is 0.798. The van der Waals surface area contributed by atoms with Gasteiger partial charge in [-0.3, -0.25) is 4.57 Å². The predicted octanol–water partition coefficient (Wildman–Crippen LogP) is 2.98. The summed E-state index contributed by atoms with van der Waals surface area (Å²) in [6.45, 7) is 1.50. The first-order chi connectivity index (χ1) is 9.76. The van der Waals surface area contributed by atoms with Crippen LogP contribution in [0.3, 0.4) is 0 Å². The van der Waals surface area contributed by atoms with Crippen molar-refractivity contribution in [2.45, 2.75) is 6.42 Å². The van der Waals surface area contributed by atoms with Gasteiger partial charge in [0.05, 0.1) is 12.8 Å². The summed E-state index contributed by atoms with van der Waals surface area (Å²) < 4.78 is 12.3. The second kappa shape index (κ2) is 7.17. The number of imidazole rings is 1. The molecule has 0 aliphatic rings. The number of halogens is 1. The van der Waals surface area contributed by atoms with Gasteiger partial charge in [0.1, 0.15) is 5.75 Å². The lowest BCUT2D eigenvalue weighted by atomic mass is 10.3. The van der Waals surface area contributed by atoms with Crippen LogP contribution < -0.4 is 10.1 Å². The van der Waals surface area contributed by atoms with Crippen LogP contribution >= 0.6 is 11.6 Å². The van der Waals surface area contributed by atoms with Gasteiger partial charge in [-0.15, -0.1) is 0 Å². The zero-order chi connectivity index (χ0) is 14.4. The lowest BCUT2D eigenvalue weighted by Gasteiger charge is -2.13. The highest BCUT2D eigenvalue weighted by atomic mass is 35.5. The molecule has 20 heavy (non-hydrogen) atoms. The number of benzene rings is 1. The van der Waals surface area contributed by atoms with Crippen LogP contribution in [0.2, 0.25) is 5.02 Å². The van der Waals surface area contributed by atoms with Crippen molar-refractivity contribution in [2.24, 2.45) is 0 Å². The summed E-state index contributed by atoms with van der Waals surface area (Å²) in [5.41, 5.74) is 0.853. The first kappa shape index (κ1) is 14.7. The van der Waals surface area contributed by atoms with E-state index in [2.05, 4.69) is 10.3 Å². The molecule has 2 rings (SSSR count). The van der Waals surface area contributed by atoms with E-state index in [4.69, 9.17) is 21.1 Å². The smallest absolute Gasteiger partial charge is 0.207 e. The van der Waals surface area contributed by atoms with E-state index in [0.29, 0.717) is 11.6 Å². The van der Waals surface area contributed by atoms with Gasteiger partial charge in [-0.05, 0) is 24.6 Å². The van der Waals surface area contributed by atoms with Crippen molar-refractivity contribution in [1.82, 2.24) is 9.55 Å². The Balaban J connectivity index is 2.21. The Kier molecular flexibility index (Phi) is 5.26. The fourth-order valence-corrected chi connectivity index (χ4v) is 2.06. The van der Waals surface area contributed by atoms with Gasteiger partial charge in [0.15, 0.2) is 0 Å². The van der Waals surface area contributed by atoms with Gasteiger partial charge in [0, 0.05) is 37.7 Å². The van der Waals surface area contributed by atoms with Gasteiger partial charge in [-0.25, -0.2) is 4.98 Å². The van der Waals surface area contributed by atoms with E-state index in [1.54, 1.807) is 26.5 Å². The molecular weight excluding hydrogens is 278 g/mol. The zero-order valence-corrected chi connectivity index (χ0v) is 12.4. The minimum atomic E-state index is 0.653. The predicted molar refractivity (Wildman–Crippen MR) is 80.1 cm³/mol. The number of nitrogens with one attached hydrogen (secondary N) is 1. The topological polar surface area (TPSA) is 48.3 Å². The van der Waals surface area contributed by atoms with Crippen LogP contribution in [0.1, 0.15) is 6.42 Å². The number of nitrogens with zero attached hydrogens (tertiary/aromatic N) is 2. The summed E-state index contributed by atoms with van der Waals surface area (Å²) in [6.07, 6.45) is 4.52. The lowest BCUT2D eigenvalue weighted by Crippen LogP contribution is -2.09. The number of methoxy groups -OCH3 is 2. The second-order valence-corrected chi connectivity index (χ2v) is 4.65. The molecule has 0 bridgehead atoms. The fraction of sp³-hybridized carbons (Fsp3) is 0.357. The molecule has 5 nitrogen and oxygen atoms in total. The van der Waals surface area contributed by atoms with Crippen molar-refractivity contribution in [3.8, 4) is 11.4 Å². The molecule has 0 fully saturated rings. The van der Waals surface area contributed by atoms with Crippen LogP contribution in [0.4, 0.5) is 5.95 Å². The van der Waals surface area contributed by atoms with Crippen molar-refractivity contribution < 1.29 is 9.47 Å². The molecule has 0 aliphatic heterocycles. The van der Waals surface area contributed by atoms with E-state index in [1.165, 1.54) is 0 Å². The summed E-state index contributed by atoms with van der Waals surface area (Å²) in [5, 5.41) is 3.92. The Bertz CT molecular complexity index is 557. The first-order valence-corrected chi connectivity index (χ1v) is 6.74. The monoisotopic (exact) mass is 295 g/mol. The van der Waals surface area contributed by atoms with E-state index < -0.39 is 0 Å². The van der Waals surface area contributed by atoms with Crippen LogP contribution in [0.15, 0.2) is 30.6 Å². The van der Waals surface area contributed by atoms with Crippen molar-refractivity contribution >= 4 is 17.5 Å². The molecule has 0 unspecified atom stereocenters. The third kappa shape index (κ3) is 3.43. The molecule has 0 amide bonds. The van der Waals surface area contributed by atoms with Crippen molar-refractivity contribution in [3.05, 3.63) is 35.6 Å². The van der Waals surface area contributed by atoms with Gasteiger partial charge in [0.2, 0.25) is 5.95 Å². The summed E-state index contributed by atoms with van der Waals surface area (Å²) in [4.78, 5) is 4.31. The highest BCUT2D eigenvalue weighted by Gasteiger charge is 2.10. The maximum absolute atomic E-state index is 6.06. The average molecular weight is 296 g/mol. The Hall–Kier alpha value is -1.72. The van der Waals surface area contributed by atoms with E-state index in [9.17, 15) is 0 Å². The molecule has 0 radical (unpaired) electrons. The zero-order valence-electron chi connectivity index (χ0n) is 11.6. The summed E-state index contributed by atoms with van der Waals surface area (Å²) in [5.74, 6) is 1.49. The van der Waals surface area contributed by atoms with Gasteiger partial charge in [0.25, 0.3) is 0 Å². The SMILES string of the molecule is COCCCNc1nccn1-c1cc(Cl)ccc1OC. The highest BCUT2D eigenvalue weighted by Crippen LogP contribution is 2.28. The average Bonchev–Trinajstić information content (AvgIpc) is 2.92. The minimum Gasteiger partial charge on any atom is -0.495 e. The number of aromatic nitrogens is 2. The number of rotatable bonds is 7. The van der Waals surface area contributed by atoms with E-state index in [1.807, 2.05) is 22.9 Å². The normalized spacial score (nSPS) is 10.6. The molecule has 0 aliphatic carbocycles. The molecule has 2 aromatic rings. The molecule has 1 aromatic heterocycles. The van der Waals surface area contributed by atoms with E-state index in [0.717, 1.165) is 30.4 Å². The largest absolute Gasteiger partial charge is 0.495 e. The molecule has 6 heteroatoms. The maximum Gasteiger partial charge on any atom is 0.207 e. The molecule has 0 saturated heterocycles. The molecule has 1 aromatic carbocycles. The second-order valence-electron chi connectivity index (χ2n) is 4.21. The summed E-state index contributed by atoms with van der Waals surface area (Å²) >= 11 is 6.06. The Morgan fingerprint density at radius 2 is 2.20 bits per heavy atom. The minimum absolute atomic E-state index is 0.653. The molecule has 108 valence electrons. The summed E-state index contributed by atoms with van der Waals surface area (Å²) in [7, 11) is 3.33. The first-order valence-electron chi connectivity index (χ1n) is 6.36. The van der Waals surface area contributed by atoms with E-state index in [-0.39, 0.29) is 0 Å². The standard InChI is InChI=1S/C14H18ClN3O2/c1-19-9-3-6-16-14-17-7-8-18(14)12-10-11(15)4-5-13(12)20-2/h4-5,7-8,10H,3,6,9H2,1-2H3,(H,16,17). The third-order valence-corrected chi connectivity index (χ3v) is 3.08. The van der Waals surface area contributed by atoms with Crippen LogP contribution in [-0.2, 0) is 4.74 Å². The Morgan fingerprint density at radius 3 is 2.95 bits per heavy atom. The Labute approximate surface area is 123 Å². The van der Waals surface area contributed by atoms with Gasteiger partial charge >= 0.3 is 0 Å².